The minimum atomic E-state index is 0.674. The van der Waals surface area contributed by atoms with Crippen molar-refractivity contribution in [2.75, 3.05) is 0 Å². The Hall–Kier alpha value is -3.86. The van der Waals surface area contributed by atoms with E-state index in [2.05, 4.69) is 78.9 Å². The Bertz CT molecular complexity index is 1410. The van der Waals surface area contributed by atoms with Crippen LogP contribution < -0.4 is 0 Å². The van der Waals surface area contributed by atoms with Gasteiger partial charge in [-0.25, -0.2) is 0 Å². The molecule has 2 heteroatoms. The number of nitriles is 1. The lowest BCUT2D eigenvalue weighted by atomic mass is 9.91. The molecule has 0 aliphatic carbocycles. The standard InChI is InChI=1S/C29H18ClN/c30-25-15-13-24(14-16-25)27-18-17-26(28-3-1-2-4-29(27)28)23-11-9-22(10-12-23)21-7-5-20(19-31)6-8-21/h1-18H. The van der Waals surface area contributed by atoms with Gasteiger partial charge in [-0.15, -0.1) is 0 Å². The summed E-state index contributed by atoms with van der Waals surface area (Å²) in [5.74, 6) is 0. The zero-order chi connectivity index (χ0) is 21.2. The quantitative estimate of drug-likeness (QED) is 0.290. The number of nitrogens with zero attached hydrogens (tertiary/aromatic N) is 1. The van der Waals surface area contributed by atoms with Crippen molar-refractivity contribution in [3.05, 3.63) is 120 Å². The average molecular weight is 416 g/mol. The Morgan fingerprint density at radius 2 is 0.903 bits per heavy atom. The van der Waals surface area contributed by atoms with Crippen LogP contribution in [0.5, 0.6) is 0 Å². The first-order chi connectivity index (χ1) is 15.2. The van der Waals surface area contributed by atoms with E-state index in [1.165, 1.54) is 27.5 Å². The number of hydrogen-bond donors (Lipinski definition) is 0. The third kappa shape index (κ3) is 3.70. The van der Waals surface area contributed by atoms with E-state index in [-0.39, 0.29) is 0 Å². The van der Waals surface area contributed by atoms with Gasteiger partial charge in [-0.05, 0) is 68.4 Å². The maximum Gasteiger partial charge on any atom is 0.0991 e. The van der Waals surface area contributed by atoms with Crippen molar-refractivity contribution in [2.45, 2.75) is 0 Å². The van der Waals surface area contributed by atoms with Gasteiger partial charge in [0.25, 0.3) is 0 Å². The van der Waals surface area contributed by atoms with Crippen molar-refractivity contribution in [3.8, 4) is 39.4 Å². The Morgan fingerprint density at radius 1 is 0.484 bits per heavy atom. The fourth-order valence-corrected chi connectivity index (χ4v) is 4.14. The summed E-state index contributed by atoms with van der Waals surface area (Å²) in [5.41, 5.74) is 7.65. The predicted octanol–water partition coefficient (Wildman–Crippen LogP) is 8.37. The molecule has 0 amide bonds. The molecule has 0 fully saturated rings. The molecule has 5 aromatic carbocycles. The summed E-state index contributed by atoms with van der Waals surface area (Å²) < 4.78 is 0. The molecule has 146 valence electrons. The normalized spacial score (nSPS) is 10.7. The zero-order valence-electron chi connectivity index (χ0n) is 16.7. The highest BCUT2D eigenvalue weighted by Crippen LogP contribution is 2.36. The van der Waals surface area contributed by atoms with Gasteiger partial charge in [0, 0.05) is 5.02 Å². The van der Waals surface area contributed by atoms with Crippen LogP contribution in [0, 0.1) is 11.3 Å². The molecule has 0 radical (unpaired) electrons. The molecule has 5 rings (SSSR count). The highest BCUT2D eigenvalue weighted by Gasteiger charge is 2.10. The molecule has 0 saturated heterocycles. The second kappa shape index (κ2) is 8.11. The lowest BCUT2D eigenvalue weighted by molar-refractivity contribution is 1.48. The first kappa shape index (κ1) is 19.1. The molecule has 0 heterocycles. The van der Waals surface area contributed by atoms with Gasteiger partial charge >= 0.3 is 0 Å². The number of fused-ring (bicyclic) bond motifs is 1. The largest absolute Gasteiger partial charge is 0.192 e. The molecule has 0 aliphatic heterocycles. The molecule has 0 saturated carbocycles. The van der Waals surface area contributed by atoms with Crippen LogP contribution in [-0.4, -0.2) is 0 Å². The monoisotopic (exact) mass is 415 g/mol. The minimum Gasteiger partial charge on any atom is -0.192 e. The number of benzene rings is 5. The Morgan fingerprint density at radius 3 is 1.39 bits per heavy atom. The maximum absolute atomic E-state index is 9.00. The van der Waals surface area contributed by atoms with Gasteiger partial charge in [-0.3, -0.25) is 0 Å². The molecule has 0 atom stereocenters. The molecule has 0 spiro atoms. The molecule has 31 heavy (non-hydrogen) atoms. The van der Waals surface area contributed by atoms with Crippen molar-refractivity contribution in [1.29, 1.82) is 5.26 Å². The second-order valence-corrected chi connectivity index (χ2v) is 7.92. The van der Waals surface area contributed by atoms with Crippen molar-refractivity contribution < 1.29 is 0 Å². The highest BCUT2D eigenvalue weighted by atomic mass is 35.5. The lowest BCUT2D eigenvalue weighted by Crippen LogP contribution is -1.86. The van der Waals surface area contributed by atoms with Crippen LogP contribution in [-0.2, 0) is 0 Å². The summed E-state index contributed by atoms with van der Waals surface area (Å²) >= 11 is 6.08. The van der Waals surface area contributed by atoms with E-state index in [9.17, 15) is 0 Å². The lowest BCUT2D eigenvalue weighted by Gasteiger charge is -2.13. The van der Waals surface area contributed by atoms with E-state index in [4.69, 9.17) is 16.9 Å². The molecule has 0 aliphatic rings. The van der Waals surface area contributed by atoms with Crippen molar-refractivity contribution in [1.82, 2.24) is 0 Å². The number of halogens is 1. The smallest absolute Gasteiger partial charge is 0.0991 e. The zero-order valence-corrected chi connectivity index (χ0v) is 17.5. The third-order valence-electron chi connectivity index (χ3n) is 5.62. The molecular formula is C29H18ClN. The fraction of sp³-hybridized carbons (Fsp3) is 0. The Kier molecular flexibility index (Phi) is 5.00. The average Bonchev–Trinajstić information content (AvgIpc) is 2.84. The molecule has 5 aromatic rings. The van der Waals surface area contributed by atoms with Crippen LogP contribution in [0.25, 0.3) is 44.2 Å². The predicted molar refractivity (Wildman–Crippen MR) is 130 cm³/mol. The summed E-state index contributed by atoms with van der Waals surface area (Å²) in [6.45, 7) is 0. The van der Waals surface area contributed by atoms with Crippen LogP contribution >= 0.6 is 11.6 Å². The van der Waals surface area contributed by atoms with E-state index < -0.39 is 0 Å². The van der Waals surface area contributed by atoms with Gasteiger partial charge in [0.15, 0.2) is 0 Å². The molecule has 0 unspecified atom stereocenters. The van der Waals surface area contributed by atoms with Gasteiger partial charge in [-0.2, -0.15) is 5.26 Å². The SMILES string of the molecule is N#Cc1ccc(-c2ccc(-c3ccc(-c4ccc(Cl)cc4)c4ccccc34)cc2)cc1. The van der Waals surface area contributed by atoms with Gasteiger partial charge < -0.3 is 0 Å². The number of hydrogen-bond acceptors (Lipinski definition) is 1. The first-order valence-corrected chi connectivity index (χ1v) is 10.5. The Labute approximate surface area is 186 Å². The summed E-state index contributed by atoms with van der Waals surface area (Å²) in [6.07, 6.45) is 0. The van der Waals surface area contributed by atoms with Crippen LogP contribution in [0.2, 0.25) is 5.02 Å². The fourth-order valence-electron chi connectivity index (χ4n) is 4.01. The van der Waals surface area contributed by atoms with Crippen molar-refractivity contribution >= 4 is 22.4 Å². The summed E-state index contributed by atoms with van der Waals surface area (Å²) in [7, 11) is 0. The van der Waals surface area contributed by atoms with Gasteiger partial charge in [0.05, 0.1) is 11.6 Å². The minimum absolute atomic E-state index is 0.674. The van der Waals surface area contributed by atoms with Crippen LogP contribution in [0.4, 0.5) is 0 Å². The van der Waals surface area contributed by atoms with E-state index in [0.29, 0.717) is 5.56 Å². The molecular weight excluding hydrogens is 398 g/mol. The first-order valence-electron chi connectivity index (χ1n) is 10.1. The van der Waals surface area contributed by atoms with Gasteiger partial charge in [-0.1, -0.05) is 96.5 Å². The third-order valence-corrected chi connectivity index (χ3v) is 5.87. The highest BCUT2D eigenvalue weighted by molar-refractivity contribution is 6.30. The second-order valence-electron chi connectivity index (χ2n) is 7.48. The molecule has 0 N–H and O–H groups in total. The summed E-state index contributed by atoms with van der Waals surface area (Å²) in [6, 6.07) is 39.4. The molecule has 1 nitrogen and oxygen atoms in total. The molecule has 0 aromatic heterocycles. The van der Waals surface area contributed by atoms with E-state index in [0.717, 1.165) is 21.7 Å². The van der Waals surface area contributed by atoms with Gasteiger partial charge in [0.1, 0.15) is 0 Å². The van der Waals surface area contributed by atoms with Crippen molar-refractivity contribution in [2.24, 2.45) is 0 Å². The Balaban J connectivity index is 1.57. The summed E-state index contributed by atoms with van der Waals surface area (Å²) in [5, 5.41) is 12.2. The van der Waals surface area contributed by atoms with Crippen LogP contribution in [0.15, 0.2) is 109 Å². The van der Waals surface area contributed by atoms with E-state index in [1.807, 2.05) is 36.4 Å². The topological polar surface area (TPSA) is 23.8 Å². The van der Waals surface area contributed by atoms with Gasteiger partial charge in [0.2, 0.25) is 0 Å². The number of rotatable bonds is 3. The summed E-state index contributed by atoms with van der Waals surface area (Å²) in [4.78, 5) is 0. The van der Waals surface area contributed by atoms with E-state index in [1.54, 1.807) is 0 Å². The maximum atomic E-state index is 9.00. The van der Waals surface area contributed by atoms with Crippen LogP contribution in [0.1, 0.15) is 5.56 Å². The van der Waals surface area contributed by atoms with Crippen molar-refractivity contribution in [3.63, 3.8) is 0 Å². The molecule has 0 bridgehead atoms. The van der Waals surface area contributed by atoms with E-state index >= 15 is 0 Å². The van der Waals surface area contributed by atoms with Crippen LogP contribution in [0.3, 0.4) is 0 Å².